The molecular weight excluding hydrogens is 284 g/mol. The van der Waals surface area contributed by atoms with E-state index < -0.39 is 0 Å². The Hall–Kier alpha value is -2.20. The molecule has 4 rings (SSSR count). The zero-order chi connectivity index (χ0) is 15.5. The first kappa shape index (κ1) is 14.4. The van der Waals surface area contributed by atoms with E-state index in [0.29, 0.717) is 5.92 Å². The Balaban J connectivity index is 1.43. The first-order valence-corrected chi connectivity index (χ1v) is 8.39. The van der Waals surface area contributed by atoms with Gasteiger partial charge in [-0.15, -0.1) is 0 Å². The lowest BCUT2D eigenvalue weighted by molar-refractivity contribution is 0.156. The maximum atomic E-state index is 4.51. The van der Waals surface area contributed by atoms with Crippen LogP contribution in [0.4, 0.5) is 0 Å². The summed E-state index contributed by atoms with van der Waals surface area (Å²) in [6.07, 6.45) is 8.39. The molecule has 1 aromatic carbocycles. The number of benzene rings is 1. The van der Waals surface area contributed by atoms with Gasteiger partial charge in [0.05, 0.1) is 17.4 Å². The van der Waals surface area contributed by atoms with E-state index in [9.17, 15) is 0 Å². The second-order valence-corrected chi connectivity index (χ2v) is 6.49. The number of likely N-dealkylation sites (tertiary alicyclic amines) is 1. The van der Waals surface area contributed by atoms with Crippen molar-refractivity contribution in [3.05, 3.63) is 60.7 Å². The van der Waals surface area contributed by atoms with Gasteiger partial charge in [-0.05, 0) is 49.1 Å². The summed E-state index contributed by atoms with van der Waals surface area (Å²) in [6.45, 7) is 4.41. The van der Waals surface area contributed by atoms with E-state index in [4.69, 9.17) is 0 Å². The quantitative estimate of drug-likeness (QED) is 0.741. The van der Waals surface area contributed by atoms with Crippen LogP contribution < -0.4 is 0 Å². The molecule has 4 nitrogen and oxygen atoms in total. The Kier molecular flexibility index (Phi) is 4.07. The van der Waals surface area contributed by atoms with Crippen LogP contribution >= 0.6 is 0 Å². The standard InChI is InChI=1S/C19H22N4/c1-2-8-19-18(7-1)21-15-23(19)14-17-6-4-10-22(13-17)12-16-5-3-9-20-11-16/h1-3,5,7-9,11,15,17H,4,6,10,12-14H2. The van der Waals surface area contributed by atoms with Gasteiger partial charge in [0.15, 0.2) is 0 Å². The van der Waals surface area contributed by atoms with Gasteiger partial charge in [-0.1, -0.05) is 18.2 Å². The van der Waals surface area contributed by atoms with Gasteiger partial charge in [-0.2, -0.15) is 0 Å². The predicted molar refractivity (Wildman–Crippen MR) is 92.0 cm³/mol. The van der Waals surface area contributed by atoms with E-state index in [1.807, 2.05) is 24.8 Å². The first-order chi connectivity index (χ1) is 11.4. The molecule has 0 amide bonds. The zero-order valence-corrected chi connectivity index (χ0v) is 13.3. The second kappa shape index (κ2) is 6.50. The minimum absolute atomic E-state index is 0.693. The van der Waals surface area contributed by atoms with Crippen molar-refractivity contribution in [1.29, 1.82) is 0 Å². The van der Waals surface area contributed by atoms with E-state index in [1.54, 1.807) is 0 Å². The van der Waals surface area contributed by atoms with Crippen LogP contribution in [0.15, 0.2) is 55.1 Å². The summed E-state index contributed by atoms with van der Waals surface area (Å²) in [5, 5.41) is 0. The Morgan fingerprint density at radius 3 is 3.00 bits per heavy atom. The van der Waals surface area contributed by atoms with Gasteiger partial charge in [-0.3, -0.25) is 9.88 Å². The van der Waals surface area contributed by atoms with Gasteiger partial charge in [0.25, 0.3) is 0 Å². The highest BCUT2D eigenvalue weighted by Crippen LogP contribution is 2.22. The normalized spacial score (nSPS) is 19.2. The smallest absolute Gasteiger partial charge is 0.0958 e. The molecule has 1 atom stereocenters. The minimum atomic E-state index is 0.693. The molecule has 1 fully saturated rings. The maximum Gasteiger partial charge on any atom is 0.0958 e. The van der Waals surface area contributed by atoms with Gasteiger partial charge in [0.1, 0.15) is 0 Å². The summed E-state index contributed by atoms with van der Waals surface area (Å²) < 4.78 is 2.31. The lowest BCUT2D eigenvalue weighted by atomic mass is 9.97. The Labute approximate surface area is 136 Å². The summed E-state index contributed by atoms with van der Waals surface area (Å²) in [5.41, 5.74) is 3.65. The molecule has 1 unspecified atom stereocenters. The minimum Gasteiger partial charge on any atom is -0.330 e. The Morgan fingerprint density at radius 1 is 1.13 bits per heavy atom. The SMILES string of the molecule is c1cncc(CN2CCCC(Cn3cnc4ccccc43)C2)c1. The average Bonchev–Trinajstić information content (AvgIpc) is 2.99. The molecule has 1 aliphatic heterocycles. The van der Waals surface area contributed by atoms with Crippen molar-refractivity contribution in [3.63, 3.8) is 0 Å². The van der Waals surface area contributed by atoms with Gasteiger partial charge in [0.2, 0.25) is 0 Å². The third kappa shape index (κ3) is 3.27. The highest BCUT2D eigenvalue weighted by atomic mass is 15.1. The van der Waals surface area contributed by atoms with Crippen LogP contribution in [0, 0.1) is 5.92 Å². The number of hydrogen-bond donors (Lipinski definition) is 0. The molecule has 3 heterocycles. The van der Waals surface area contributed by atoms with Crippen molar-refractivity contribution in [1.82, 2.24) is 19.4 Å². The van der Waals surface area contributed by atoms with Crippen LogP contribution in [0.5, 0.6) is 0 Å². The van der Waals surface area contributed by atoms with Crippen LogP contribution in [-0.2, 0) is 13.1 Å². The summed E-state index contributed by atoms with van der Waals surface area (Å²) in [6, 6.07) is 12.6. The molecule has 0 saturated carbocycles. The number of para-hydroxylation sites is 2. The summed E-state index contributed by atoms with van der Waals surface area (Å²) >= 11 is 0. The molecular formula is C19H22N4. The van der Waals surface area contributed by atoms with Gasteiger partial charge < -0.3 is 4.57 Å². The van der Waals surface area contributed by atoms with Crippen LogP contribution in [0.25, 0.3) is 11.0 Å². The number of fused-ring (bicyclic) bond motifs is 1. The molecule has 0 spiro atoms. The molecule has 0 radical (unpaired) electrons. The average molecular weight is 306 g/mol. The van der Waals surface area contributed by atoms with E-state index in [2.05, 4.69) is 49.8 Å². The van der Waals surface area contributed by atoms with Crippen LogP contribution in [0.1, 0.15) is 18.4 Å². The van der Waals surface area contributed by atoms with Crippen LogP contribution in [0.2, 0.25) is 0 Å². The molecule has 2 aromatic heterocycles. The molecule has 23 heavy (non-hydrogen) atoms. The maximum absolute atomic E-state index is 4.51. The van der Waals surface area contributed by atoms with E-state index in [1.165, 1.54) is 30.5 Å². The fourth-order valence-corrected chi connectivity index (χ4v) is 3.63. The van der Waals surface area contributed by atoms with Crippen molar-refractivity contribution in [3.8, 4) is 0 Å². The number of aromatic nitrogens is 3. The van der Waals surface area contributed by atoms with E-state index in [-0.39, 0.29) is 0 Å². The molecule has 1 aliphatic rings. The van der Waals surface area contributed by atoms with Crippen LogP contribution in [0.3, 0.4) is 0 Å². The first-order valence-electron chi connectivity index (χ1n) is 8.39. The van der Waals surface area contributed by atoms with Gasteiger partial charge in [0, 0.05) is 32.0 Å². The Bertz CT molecular complexity index is 765. The molecule has 0 N–H and O–H groups in total. The predicted octanol–water partition coefficient (Wildman–Crippen LogP) is 3.34. The lowest BCUT2D eigenvalue weighted by Crippen LogP contribution is -2.36. The van der Waals surface area contributed by atoms with E-state index in [0.717, 1.165) is 25.2 Å². The molecule has 0 bridgehead atoms. The lowest BCUT2D eigenvalue weighted by Gasteiger charge is -2.33. The van der Waals surface area contributed by atoms with Crippen molar-refractivity contribution in [2.45, 2.75) is 25.9 Å². The highest BCUT2D eigenvalue weighted by Gasteiger charge is 2.21. The second-order valence-electron chi connectivity index (χ2n) is 6.49. The fourth-order valence-electron chi connectivity index (χ4n) is 3.63. The van der Waals surface area contributed by atoms with Gasteiger partial charge >= 0.3 is 0 Å². The van der Waals surface area contributed by atoms with Crippen molar-refractivity contribution in [2.75, 3.05) is 13.1 Å². The van der Waals surface area contributed by atoms with Crippen molar-refractivity contribution < 1.29 is 0 Å². The number of nitrogens with zero attached hydrogens (tertiary/aromatic N) is 4. The van der Waals surface area contributed by atoms with Gasteiger partial charge in [-0.25, -0.2) is 4.98 Å². The van der Waals surface area contributed by atoms with Crippen LogP contribution in [-0.4, -0.2) is 32.5 Å². The highest BCUT2D eigenvalue weighted by molar-refractivity contribution is 5.74. The van der Waals surface area contributed by atoms with Crippen molar-refractivity contribution in [2.24, 2.45) is 5.92 Å². The molecule has 118 valence electrons. The molecule has 3 aromatic rings. The number of rotatable bonds is 4. The molecule has 0 aliphatic carbocycles. The largest absolute Gasteiger partial charge is 0.330 e. The molecule has 1 saturated heterocycles. The number of hydrogen-bond acceptors (Lipinski definition) is 3. The molecule has 4 heteroatoms. The summed E-state index contributed by atoms with van der Waals surface area (Å²) in [4.78, 5) is 11.3. The van der Waals surface area contributed by atoms with E-state index >= 15 is 0 Å². The summed E-state index contributed by atoms with van der Waals surface area (Å²) in [5.74, 6) is 0.693. The number of imidazole rings is 1. The third-order valence-electron chi connectivity index (χ3n) is 4.71. The third-order valence-corrected chi connectivity index (χ3v) is 4.71. The Morgan fingerprint density at radius 2 is 2.09 bits per heavy atom. The monoisotopic (exact) mass is 306 g/mol. The number of pyridine rings is 1. The topological polar surface area (TPSA) is 34.0 Å². The van der Waals surface area contributed by atoms with Crippen molar-refractivity contribution >= 4 is 11.0 Å². The summed E-state index contributed by atoms with van der Waals surface area (Å²) in [7, 11) is 0. The number of piperidine rings is 1. The zero-order valence-electron chi connectivity index (χ0n) is 13.3. The fraction of sp³-hybridized carbons (Fsp3) is 0.368.